The molecule has 0 saturated heterocycles. The van der Waals surface area contributed by atoms with E-state index in [0.29, 0.717) is 0 Å². The summed E-state index contributed by atoms with van der Waals surface area (Å²) in [5.74, 6) is 0. The summed E-state index contributed by atoms with van der Waals surface area (Å²) in [6.45, 7) is 6.32. The molecule has 0 aromatic carbocycles. The Hall–Kier alpha value is -0.650. The minimum Gasteiger partial charge on any atom is -0.347 e. The molecule has 0 aliphatic heterocycles. The molecule has 0 spiro atoms. The molecule has 1 rings (SSSR count). The second kappa shape index (κ2) is 7.63. The highest BCUT2D eigenvalue weighted by atomic mass is 32.1. The van der Waals surface area contributed by atoms with E-state index < -0.39 is 0 Å². The number of hydrogen-bond donors (Lipinski definition) is 1. The number of hydrogen-bond acceptors (Lipinski definition) is 5. The fraction of sp³-hybridized carbons (Fsp3) is 0.750. The third kappa shape index (κ3) is 5.02. The van der Waals surface area contributed by atoms with Gasteiger partial charge in [-0.3, -0.25) is 0 Å². The first-order valence-electron chi connectivity index (χ1n) is 6.16. The SMILES string of the molecule is CCCN(CCN(C)C)c1ncc(CNC)s1. The molecule has 1 aromatic heterocycles. The molecule has 4 nitrogen and oxygen atoms in total. The molecule has 5 heteroatoms. The van der Waals surface area contributed by atoms with Gasteiger partial charge in [-0.05, 0) is 27.6 Å². The summed E-state index contributed by atoms with van der Waals surface area (Å²) in [6.07, 6.45) is 3.14. The average molecular weight is 256 g/mol. The molecular weight excluding hydrogens is 232 g/mol. The molecule has 0 atom stereocenters. The van der Waals surface area contributed by atoms with E-state index in [1.54, 1.807) is 11.3 Å². The summed E-state index contributed by atoms with van der Waals surface area (Å²) in [4.78, 5) is 10.4. The highest BCUT2D eigenvalue weighted by molar-refractivity contribution is 7.15. The van der Waals surface area contributed by atoms with Crippen LogP contribution < -0.4 is 10.2 Å². The molecule has 0 aliphatic carbocycles. The summed E-state index contributed by atoms with van der Waals surface area (Å²) >= 11 is 1.79. The average Bonchev–Trinajstić information content (AvgIpc) is 2.73. The minimum absolute atomic E-state index is 0.908. The lowest BCUT2D eigenvalue weighted by Crippen LogP contribution is -2.32. The minimum atomic E-state index is 0.908. The van der Waals surface area contributed by atoms with Crippen molar-refractivity contribution in [1.82, 2.24) is 15.2 Å². The lowest BCUT2D eigenvalue weighted by Gasteiger charge is -2.23. The topological polar surface area (TPSA) is 31.4 Å². The Morgan fingerprint density at radius 1 is 1.29 bits per heavy atom. The molecule has 0 saturated carbocycles. The van der Waals surface area contributed by atoms with Crippen molar-refractivity contribution in [2.24, 2.45) is 0 Å². The monoisotopic (exact) mass is 256 g/mol. The van der Waals surface area contributed by atoms with Crippen molar-refractivity contribution < 1.29 is 0 Å². The summed E-state index contributed by atoms with van der Waals surface area (Å²) in [7, 11) is 6.19. The van der Waals surface area contributed by atoms with Gasteiger partial charge in [-0.25, -0.2) is 4.98 Å². The normalized spacial score (nSPS) is 11.1. The molecule has 0 fully saturated rings. The Morgan fingerprint density at radius 3 is 2.65 bits per heavy atom. The Labute approximate surface area is 109 Å². The second-order valence-electron chi connectivity index (χ2n) is 4.43. The predicted molar refractivity (Wildman–Crippen MR) is 75.9 cm³/mol. The summed E-state index contributed by atoms with van der Waals surface area (Å²) < 4.78 is 0. The number of likely N-dealkylation sites (N-methyl/N-ethyl adjacent to an activating group) is 1. The molecule has 1 N–H and O–H groups in total. The van der Waals surface area contributed by atoms with Gasteiger partial charge in [-0.15, -0.1) is 11.3 Å². The van der Waals surface area contributed by atoms with Gasteiger partial charge in [0.1, 0.15) is 0 Å². The van der Waals surface area contributed by atoms with E-state index in [1.807, 2.05) is 13.2 Å². The van der Waals surface area contributed by atoms with Crippen molar-refractivity contribution in [2.45, 2.75) is 19.9 Å². The largest absolute Gasteiger partial charge is 0.347 e. The molecule has 0 unspecified atom stereocenters. The third-order valence-corrected chi connectivity index (χ3v) is 3.53. The Bertz CT molecular complexity index is 311. The van der Waals surface area contributed by atoms with Crippen molar-refractivity contribution in [1.29, 1.82) is 0 Å². The van der Waals surface area contributed by atoms with E-state index in [9.17, 15) is 0 Å². The fourth-order valence-corrected chi connectivity index (χ4v) is 2.57. The van der Waals surface area contributed by atoms with E-state index in [-0.39, 0.29) is 0 Å². The molecule has 0 bridgehead atoms. The zero-order valence-corrected chi connectivity index (χ0v) is 12.2. The molecule has 0 aliphatic rings. The first-order chi connectivity index (χ1) is 8.17. The van der Waals surface area contributed by atoms with Crippen LogP contribution in [0.25, 0.3) is 0 Å². The number of nitrogens with zero attached hydrogens (tertiary/aromatic N) is 3. The first-order valence-corrected chi connectivity index (χ1v) is 6.98. The van der Waals surface area contributed by atoms with Gasteiger partial charge in [0.25, 0.3) is 0 Å². The molecule has 17 heavy (non-hydrogen) atoms. The van der Waals surface area contributed by atoms with Gasteiger partial charge in [-0.1, -0.05) is 6.92 Å². The van der Waals surface area contributed by atoms with Crippen LogP contribution >= 0.6 is 11.3 Å². The molecular formula is C12H24N4S. The molecule has 1 heterocycles. The van der Waals surface area contributed by atoms with Crippen LogP contribution in [0.2, 0.25) is 0 Å². The van der Waals surface area contributed by atoms with E-state index in [0.717, 1.165) is 37.7 Å². The van der Waals surface area contributed by atoms with Crippen LogP contribution in [-0.4, -0.2) is 50.7 Å². The van der Waals surface area contributed by atoms with Gasteiger partial charge < -0.3 is 15.1 Å². The quantitative estimate of drug-likeness (QED) is 0.766. The smallest absolute Gasteiger partial charge is 0.185 e. The maximum absolute atomic E-state index is 4.52. The van der Waals surface area contributed by atoms with Crippen LogP contribution in [0.3, 0.4) is 0 Å². The van der Waals surface area contributed by atoms with Crippen LogP contribution in [0.4, 0.5) is 5.13 Å². The maximum atomic E-state index is 4.52. The third-order valence-electron chi connectivity index (χ3n) is 2.47. The van der Waals surface area contributed by atoms with Gasteiger partial charge in [0.05, 0.1) is 0 Å². The van der Waals surface area contributed by atoms with Crippen molar-refractivity contribution in [3.05, 3.63) is 11.1 Å². The highest BCUT2D eigenvalue weighted by Crippen LogP contribution is 2.22. The maximum Gasteiger partial charge on any atom is 0.185 e. The van der Waals surface area contributed by atoms with E-state index in [4.69, 9.17) is 0 Å². The highest BCUT2D eigenvalue weighted by Gasteiger charge is 2.10. The molecule has 1 aromatic rings. The number of rotatable bonds is 8. The lowest BCUT2D eigenvalue weighted by atomic mass is 10.4. The lowest BCUT2D eigenvalue weighted by molar-refractivity contribution is 0.413. The predicted octanol–water partition coefficient (Wildman–Crippen LogP) is 1.64. The molecule has 98 valence electrons. The zero-order chi connectivity index (χ0) is 12.7. The molecule has 0 radical (unpaired) electrons. The Kier molecular flexibility index (Phi) is 6.47. The van der Waals surface area contributed by atoms with Crippen LogP contribution in [0.5, 0.6) is 0 Å². The van der Waals surface area contributed by atoms with Crippen molar-refractivity contribution in [2.75, 3.05) is 45.7 Å². The Balaban J connectivity index is 2.60. The van der Waals surface area contributed by atoms with E-state index >= 15 is 0 Å². The number of aromatic nitrogens is 1. The Morgan fingerprint density at radius 2 is 2.06 bits per heavy atom. The molecule has 0 amide bonds. The standard InChI is InChI=1S/C12H24N4S/c1-5-6-16(8-7-15(3)4)12-14-10-11(17-12)9-13-2/h10,13H,5-9H2,1-4H3. The number of nitrogens with one attached hydrogen (secondary N) is 1. The second-order valence-corrected chi connectivity index (χ2v) is 5.52. The van der Waals surface area contributed by atoms with Gasteiger partial charge in [0.2, 0.25) is 0 Å². The van der Waals surface area contributed by atoms with Crippen molar-refractivity contribution in [3.8, 4) is 0 Å². The van der Waals surface area contributed by atoms with Gasteiger partial charge >= 0.3 is 0 Å². The fourth-order valence-electron chi connectivity index (χ4n) is 1.59. The number of thiazole rings is 1. The van der Waals surface area contributed by atoms with E-state index in [2.05, 4.69) is 41.1 Å². The number of anilines is 1. The summed E-state index contributed by atoms with van der Waals surface area (Å²) in [6, 6.07) is 0. The first kappa shape index (κ1) is 14.4. The summed E-state index contributed by atoms with van der Waals surface area (Å²) in [5.41, 5.74) is 0. The zero-order valence-electron chi connectivity index (χ0n) is 11.4. The van der Waals surface area contributed by atoms with E-state index in [1.165, 1.54) is 4.88 Å². The van der Waals surface area contributed by atoms with Crippen LogP contribution in [0.15, 0.2) is 6.20 Å². The van der Waals surface area contributed by atoms with Crippen molar-refractivity contribution in [3.63, 3.8) is 0 Å². The summed E-state index contributed by atoms with van der Waals surface area (Å²) in [5, 5.41) is 4.31. The van der Waals surface area contributed by atoms with Crippen molar-refractivity contribution >= 4 is 16.5 Å². The van der Waals surface area contributed by atoms with Crippen LogP contribution in [0.1, 0.15) is 18.2 Å². The van der Waals surface area contributed by atoms with Gasteiger partial charge in [0.15, 0.2) is 5.13 Å². The van der Waals surface area contributed by atoms with Gasteiger partial charge in [-0.2, -0.15) is 0 Å². The van der Waals surface area contributed by atoms with Gasteiger partial charge in [0, 0.05) is 37.3 Å². The van der Waals surface area contributed by atoms with Crippen LogP contribution in [0, 0.1) is 0 Å². The van der Waals surface area contributed by atoms with Crippen LogP contribution in [-0.2, 0) is 6.54 Å².